The normalized spacial score (nSPS) is 12.7. The van der Waals surface area contributed by atoms with Crippen LogP contribution in [0.5, 0.6) is 0 Å². The monoisotopic (exact) mass is 251 g/mol. The number of nitrogens with zero attached hydrogens (tertiary/aromatic N) is 1. The number of hydrogen-bond donors (Lipinski definition) is 0. The summed E-state index contributed by atoms with van der Waals surface area (Å²) in [7, 11) is 1.63. The average molecular weight is 251 g/mol. The molecular formula is C16H10FNO. The van der Waals surface area contributed by atoms with Crippen LogP contribution in [0.15, 0.2) is 42.5 Å². The molecule has 3 heteroatoms. The third-order valence-electron chi connectivity index (χ3n) is 3.12. The van der Waals surface area contributed by atoms with Crippen LogP contribution in [0.25, 0.3) is 0 Å². The van der Waals surface area contributed by atoms with Gasteiger partial charge in [-0.05, 0) is 30.3 Å². The zero-order chi connectivity index (χ0) is 13.4. The fourth-order valence-corrected chi connectivity index (χ4v) is 2.09. The number of benzene rings is 2. The first-order chi connectivity index (χ1) is 9.16. The molecule has 1 aliphatic heterocycles. The first-order valence-electron chi connectivity index (χ1n) is 5.85. The lowest BCUT2D eigenvalue weighted by molar-refractivity contribution is 0.0992. The van der Waals surface area contributed by atoms with Gasteiger partial charge < -0.3 is 4.90 Å². The van der Waals surface area contributed by atoms with Gasteiger partial charge in [-0.3, -0.25) is 4.79 Å². The van der Waals surface area contributed by atoms with Crippen LogP contribution < -0.4 is 4.90 Å². The summed E-state index contributed by atoms with van der Waals surface area (Å²) < 4.78 is 13.3. The Hall–Kier alpha value is -2.60. The fraction of sp³-hybridized carbons (Fsp3) is 0.0625. The molecule has 0 fully saturated rings. The van der Waals surface area contributed by atoms with Crippen LogP contribution >= 0.6 is 0 Å². The number of halogens is 1. The maximum atomic E-state index is 13.3. The molecule has 0 aliphatic carbocycles. The van der Waals surface area contributed by atoms with Gasteiger partial charge in [-0.1, -0.05) is 24.0 Å². The highest BCUT2D eigenvalue weighted by Gasteiger charge is 2.20. The van der Waals surface area contributed by atoms with Crippen LogP contribution in [0.3, 0.4) is 0 Å². The molecule has 0 unspecified atom stereocenters. The van der Waals surface area contributed by atoms with Crippen LogP contribution in [0.1, 0.15) is 21.5 Å². The second-order valence-electron chi connectivity index (χ2n) is 4.32. The lowest BCUT2D eigenvalue weighted by Crippen LogP contribution is -2.28. The quantitative estimate of drug-likeness (QED) is 0.659. The largest absolute Gasteiger partial charge is 0.310 e. The maximum absolute atomic E-state index is 13.3. The smallest absolute Gasteiger partial charge is 0.259 e. The standard InChI is InChI=1S/C16H10FNO/c1-18-15-10-13(17)9-8-12(15)7-6-11-4-2-3-5-14(11)16(18)19/h2-5,8-10H,1H3. The first kappa shape index (κ1) is 11.5. The van der Waals surface area contributed by atoms with Crippen molar-refractivity contribution in [1.82, 2.24) is 0 Å². The van der Waals surface area contributed by atoms with E-state index in [9.17, 15) is 9.18 Å². The molecule has 92 valence electrons. The van der Waals surface area contributed by atoms with Gasteiger partial charge in [-0.15, -0.1) is 0 Å². The van der Waals surface area contributed by atoms with E-state index in [1.54, 1.807) is 25.2 Å². The number of fused-ring (bicyclic) bond motifs is 2. The van der Waals surface area contributed by atoms with Crippen molar-refractivity contribution in [2.24, 2.45) is 0 Å². The van der Waals surface area contributed by atoms with Crippen LogP contribution in [-0.4, -0.2) is 13.0 Å². The van der Waals surface area contributed by atoms with Gasteiger partial charge in [0.15, 0.2) is 0 Å². The first-order valence-corrected chi connectivity index (χ1v) is 5.85. The van der Waals surface area contributed by atoms with Crippen molar-refractivity contribution >= 4 is 11.6 Å². The Labute approximate surface area is 110 Å². The molecule has 1 heterocycles. The number of carbonyl (C=O) groups is 1. The summed E-state index contributed by atoms with van der Waals surface area (Å²) in [5.74, 6) is 5.40. The molecule has 0 saturated carbocycles. The minimum absolute atomic E-state index is 0.184. The molecule has 0 N–H and O–H groups in total. The summed E-state index contributed by atoms with van der Waals surface area (Å²) in [6.45, 7) is 0. The van der Waals surface area contributed by atoms with Crippen LogP contribution in [0.2, 0.25) is 0 Å². The average Bonchev–Trinajstić information content (AvgIpc) is 2.43. The Morgan fingerprint density at radius 2 is 1.79 bits per heavy atom. The zero-order valence-electron chi connectivity index (χ0n) is 10.3. The molecule has 2 aromatic carbocycles. The summed E-state index contributed by atoms with van der Waals surface area (Å²) in [5, 5.41) is 0. The van der Waals surface area contributed by atoms with E-state index in [1.165, 1.54) is 17.0 Å². The molecule has 0 spiro atoms. The van der Waals surface area contributed by atoms with Gasteiger partial charge in [0, 0.05) is 18.2 Å². The number of hydrogen-bond acceptors (Lipinski definition) is 1. The molecular weight excluding hydrogens is 241 g/mol. The van der Waals surface area contributed by atoms with Gasteiger partial charge in [-0.2, -0.15) is 0 Å². The van der Waals surface area contributed by atoms with E-state index in [1.807, 2.05) is 12.1 Å². The molecule has 2 aromatic rings. The molecule has 0 atom stereocenters. The third kappa shape index (κ3) is 1.88. The van der Waals surface area contributed by atoms with Gasteiger partial charge >= 0.3 is 0 Å². The van der Waals surface area contributed by atoms with E-state index >= 15 is 0 Å². The lowest BCUT2D eigenvalue weighted by atomic mass is 10.0. The van der Waals surface area contributed by atoms with Gasteiger partial charge in [-0.25, -0.2) is 4.39 Å². The Balaban J connectivity index is 2.29. The zero-order valence-corrected chi connectivity index (χ0v) is 10.3. The van der Waals surface area contributed by atoms with Crippen LogP contribution in [0, 0.1) is 17.7 Å². The minimum atomic E-state index is -0.381. The summed E-state index contributed by atoms with van der Waals surface area (Å²) in [4.78, 5) is 13.8. The molecule has 3 rings (SSSR count). The van der Waals surface area contributed by atoms with Gasteiger partial charge in [0.1, 0.15) is 5.82 Å². The molecule has 1 amide bonds. The SMILES string of the molecule is CN1C(=O)c2ccccc2C#Cc2ccc(F)cc21. The number of anilines is 1. The Kier molecular flexibility index (Phi) is 2.57. The minimum Gasteiger partial charge on any atom is -0.310 e. The lowest BCUT2D eigenvalue weighted by Gasteiger charge is -2.21. The molecule has 0 bridgehead atoms. The van der Waals surface area contributed by atoms with E-state index in [2.05, 4.69) is 11.8 Å². The van der Waals surface area contributed by atoms with Gasteiger partial charge in [0.05, 0.1) is 11.3 Å². The van der Waals surface area contributed by atoms with Crippen molar-refractivity contribution in [3.05, 3.63) is 65.0 Å². The summed E-state index contributed by atoms with van der Waals surface area (Å²) >= 11 is 0. The molecule has 0 saturated heterocycles. The highest BCUT2D eigenvalue weighted by Crippen LogP contribution is 2.24. The Morgan fingerprint density at radius 3 is 2.63 bits per heavy atom. The van der Waals surface area contributed by atoms with E-state index in [0.717, 1.165) is 0 Å². The number of amides is 1. The highest BCUT2D eigenvalue weighted by atomic mass is 19.1. The number of carbonyl (C=O) groups excluding carboxylic acids is 1. The van der Waals surface area contributed by atoms with Crippen LogP contribution in [0.4, 0.5) is 10.1 Å². The van der Waals surface area contributed by atoms with Crippen LogP contribution in [-0.2, 0) is 0 Å². The predicted octanol–water partition coefficient (Wildman–Crippen LogP) is 2.82. The summed E-state index contributed by atoms with van der Waals surface area (Å²) in [5.41, 5.74) is 2.36. The second kappa shape index (κ2) is 4.25. The van der Waals surface area contributed by atoms with Crippen molar-refractivity contribution in [3.8, 4) is 11.8 Å². The Morgan fingerprint density at radius 1 is 1.05 bits per heavy atom. The molecule has 0 aromatic heterocycles. The topological polar surface area (TPSA) is 20.3 Å². The summed E-state index contributed by atoms with van der Waals surface area (Å²) in [6.07, 6.45) is 0. The van der Waals surface area contributed by atoms with Crippen molar-refractivity contribution in [3.63, 3.8) is 0 Å². The predicted molar refractivity (Wildman–Crippen MR) is 71.6 cm³/mol. The molecule has 0 radical (unpaired) electrons. The Bertz CT molecular complexity index is 740. The van der Waals surface area contributed by atoms with Gasteiger partial charge in [0.2, 0.25) is 0 Å². The van der Waals surface area contributed by atoms with E-state index in [-0.39, 0.29) is 11.7 Å². The maximum Gasteiger partial charge on any atom is 0.259 e. The van der Waals surface area contributed by atoms with Crippen molar-refractivity contribution < 1.29 is 9.18 Å². The van der Waals surface area contributed by atoms with E-state index in [0.29, 0.717) is 22.4 Å². The molecule has 1 aliphatic rings. The third-order valence-corrected chi connectivity index (χ3v) is 3.12. The fourth-order valence-electron chi connectivity index (χ4n) is 2.09. The summed E-state index contributed by atoms with van der Waals surface area (Å²) in [6, 6.07) is 11.4. The molecule has 2 nitrogen and oxygen atoms in total. The second-order valence-corrected chi connectivity index (χ2v) is 4.32. The van der Waals surface area contributed by atoms with Crippen molar-refractivity contribution in [2.75, 3.05) is 11.9 Å². The van der Waals surface area contributed by atoms with Crippen molar-refractivity contribution in [2.45, 2.75) is 0 Å². The van der Waals surface area contributed by atoms with E-state index in [4.69, 9.17) is 0 Å². The van der Waals surface area contributed by atoms with Crippen molar-refractivity contribution in [1.29, 1.82) is 0 Å². The number of rotatable bonds is 0. The van der Waals surface area contributed by atoms with E-state index < -0.39 is 0 Å². The van der Waals surface area contributed by atoms with Gasteiger partial charge in [0.25, 0.3) is 5.91 Å². The highest BCUT2D eigenvalue weighted by molar-refractivity contribution is 6.08. The molecule has 19 heavy (non-hydrogen) atoms.